The molecule has 0 radical (unpaired) electrons. The van der Waals surface area contributed by atoms with Crippen LogP contribution in [0, 0.1) is 11.8 Å². The Balaban J connectivity index is 1.42. The van der Waals surface area contributed by atoms with Crippen molar-refractivity contribution in [1.82, 2.24) is 24.7 Å². The Morgan fingerprint density at radius 3 is 2.57 bits per heavy atom. The standard InChI is InChI=1S/C24H29ClFN7O4/c1-12-9-32(10-13(2)19(12)26)23-27-8-16(25)20(30-23)29-14-4-5-17-18(6-14)33(22(35)21(34)31(17)3)11-15-7-28-24(36)37-15/h4-6,12-13,15,19,29H,7-11H2,1-3H3,(H,27,30)(H,28,36)/t12-,13+,15-,19?/m0/s1. The second-order valence-electron chi connectivity index (χ2n) is 9.87. The largest absolute Gasteiger partial charge is 0.442 e. The number of cyclic esters (lactones) is 1. The third-order valence-corrected chi connectivity index (χ3v) is 7.35. The van der Waals surface area contributed by atoms with E-state index in [9.17, 15) is 18.8 Å². The molecular weight excluding hydrogens is 505 g/mol. The summed E-state index contributed by atoms with van der Waals surface area (Å²) >= 11 is 6.48. The molecule has 0 spiro atoms. The average molecular weight is 534 g/mol. The molecule has 2 fully saturated rings. The highest BCUT2D eigenvalue weighted by Crippen LogP contribution is 2.27. The number of fused-ring (bicyclic) bond motifs is 1. The highest BCUT2D eigenvalue weighted by atomic mass is 35.5. The first kappa shape index (κ1) is 25.1. The number of ether oxygens (including phenoxy) is 1. The van der Waals surface area contributed by atoms with E-state index in [0.29, 0.717) is 46.6 Å². The zero-order valence-corrected chi connectivity index (χ0v) is 21.5. The number of likely N-dealkylation sites (tertiary alicyclic amines) is 1. The second-order valence-corrected chi connectivity index (χ2v) is 10.3. The van der Waals surface area contributed by atoms with E-state index < -0.39 is 29.5 Å². The summed E-state index contributed by atoms with van der Waals surface area (Å²) in [4.78, 5) is 43.4. The van der Waals surface area contributed by atoms with E-state index in [0.717, 1.165) is 0 Å². The Hall–Kier alpha value is -3.54. The second kappa shape index (κ2) is 9.73. The first-order chi connectivity index (χ1) is 17.6. The van der Waals surface area contributed by atoms with Crippen molar-refractivity contribution in [2.75, 3.05) is 31.5 Å². The normalized spacial score (nSPS) is 26.0. The van der Waals surface area contributed by atoms with Crippen molar-refractivity contribution in [3.63, 3.8) is 0 Å². The van der Waals surface area contributed by atoms with Crippen molar-refractivity contribution in [3.8, 4) is 0 Å². The van der Waals surface area contributed by atoms with Gasteiger partial charge in [-0.15, -0.1) is 0 Å². The Morgan fingerprint density at radius 2 is 1.89 bits per heavy atom. The monoisotopic (exact) mass is 533 g/mol. The molecule has 1 unspecified atom stereocenters. The number of nitrogens with one attached hydrogen (secondary N) is 3. The van der Waals surface area contributed by atoms with Gasteiger partial charge in [-0.25, -0.2) is 14.2 Å². The fourth-order valence-corrected chi connectivity index (χ4v) is 5.22. The number of hydrogen-bond donors (Lipinski definition) is 3. The van der Waals surface area contributed by atoms with E-state index in [1.165, 1.54) is 16.2 Å². The van der Waals surface area contributed by atoms with E-state index in [1.54, 1.807) is 18.2 Å². The highest BCUT2D eigenvalue weighted by Gasteiger charge is 2.34. The Morgan fingerprint density at radius 1 is 1.16 bits per heavy atom. The minimum absolute atomic E-state index is 0.0347. The summed E-state index contributed by atoms with van der Waals surface area (Å²) < 4.78 is 22.1. The minimum atomic E-state index is -0.855. The third-order valence-electron chi connectivity index (χ3n) is 7.04. The summed E-state index contributed by atoms with van der Waals surface area (Å²) in [5.74, 6) is 0.906. The van der Waals surface area contributed by atoms with Crippen LogP contribution in [-0.2, 0) is 18.3 Å². The molecule has 0 aliphatic carbocycles. The number of carbonyl (C=O) groups excluding carboxylic acids is 1. The number of aliphatic imine (C=N–C) groups is 1. The van der Waals surface area contributed by atoms with E-state index in [-0.39, 0.29) is 31.5 Å². The summed E-state index contributed by atoms with van der Waals surface area (Å²) in [5, 5.41) is 9.52. The molecule has 3 aliphatic rings. The van der Waals surface area contributed by atoms with Gasteiger partial charge in [-0.2, -0.15) is 0 Å². The molecule has 4 atom stereocenters. The van der Waals surface area contributed by atoms with Gasteiger partial charge in [0, 0.05) is 37.7 Å². The van der Waals surface area contributed by atoms with Crippen molar-refractivity contribution < 1.29 is 13.9 Å². The Bertz CT molecular complexity index is 1420. The molecule has 0 bridgehead atoms. The number of benzene rings is 1. The SMILES string of the molecule is C[C@@H]1CN(C2=NCC(Cl)=C(Nc3ccc4c(c3)n(C[C@@H]3CNC(=O)O3)c(=O)c(=O)n4C)N2)C[C@H](C)C1F. The third kappa shape index (κ3) is 4.77. The molecule has 11 nitrogen and oxygen atoms in total. The number of aryl methyl sites for hydroxylation is 1. The predicted octanol–water partition coefficient (Wildman–Crippen LogP) is 1.51. The van der Waals surface area contributed by atoms with E-state index in [4.69, 9.17) is 16.3 Å². The number of hydrogen-bond acceptors (Lipinski definition) is 8. The fraction of sp³-hybridized carbons (Fsp3) is 0.500. The predicted molar refractivity (Wildman–Crippen MR) is 138 cm³/mol. The van der Waals surface area contributed by atoms with Crippen LogP contribution in [0.2, 0.25) is 0 Å². The Kier molecular flexibility index (Phi) is 6.61. The smallest absolute Gasteiger partial charge is 0.407 e. The van der Waals surface area contributed by atoms with Crippen LogP contribution in [0.4, 0.5) is 14.9 Å². The van der Waals surface area contributed by atoms with Crippen LogP contribution in [0.1, 0.15) is 13.8 Å². The quantitative estimate of drug-likeness (QED) is 0.509. The zero-order valence-electron chi connectivity index (χ0n) is 20.8. The molecular formula is C24H29ClFN7O4. The van der Waals surface area contributed by atoms with Gasteiger partial charge in [-0.1, -0.05) is 25.4 Å². The number of amides is 1. The number of nitrogens with zero attached hydrogens (tertiary/aromatic N) is 4. The topological polar surface area (TPSA) is 122 Å². The maximum Gasteiger partial charge on any atom is 0.407 e. The van der Waals surface area contributed by atoms with Crippen LogP contribution < -0.4 is 27.1 Å². The average Bonchev–Trinajstić information content (AvgIpc) is 3.29. The molecule has 0 saturated carbocycles. The molecule has 5 rings (SSSR count). The van der Waals surface area contributed by atoms with Crippen LogP contribution in [-0.4, -0.2) is 64.5 Å². The lowest BCUT2D eigenvalue weighted by molar-refractivity contribution is 0.0836. The molecule has 37 heavy (non-hydrogen) atoms. The minimum Gasteiger partial charge on any atom is -0.442 e. The number of alkyl halides is 1. The number of anilines is 1. The highest BCUT2D eigenvalue weighted by molar-refractivity contribution is 6.30. The lowest BCUT2D eigenvalue weighted by Gasteiger charge is -2.40. The van der Waals surface area contributed by atoms with Crippen LogP contribution in [0.15, 0.2) is 43.6 Å². The molecule has 3 N–H and O–H groups in total. The van der Waals surface area contributed by atoms with Gasteiger partial charge < -0.3 is 30.2 Å². The summed E-state index contributed by atoms with van der Waals surface area (Å²) in [6, 6.07) is 5.25. The fourth-order valence-electron chi connectivity index (χ4n) is 5.07. The van der Waals surface area contributed by atoms with Crippen LogP contribution in [0.25, 0.3) is 11.0 Å². The van der Waals surface area contributed by atoms with Gasteiger partial charge in [0.2, 0.25) is 0 Å². The first-order valence-corrected chi connectivity index (χ1v) is 12.5. The van der Waals surface area contributed by atoms with Crippen molar-refractivity contribution in [2.24, 2.45) is 23.9 Å². The lowest BCUT2D eigenvalue weighted by atomic mass is 9.90. The van der Waals surface area contributed by atoms with Gasteiger partial charge in [0.15, 0.2) is 5.96 Å². The van der Waals surface area contributed by atoms with Gasteiger partial charge in [-0.3, -0.25) is 14.2 Å². The number of piperidine rings is 1. The number of rotatable bonds is 4. The molecule has 198 valence electrons. The number of carbonyl (C=O) groups is 1. The zero-order chi connectivity index (χ0) is 26.4. The molecule has 2 saturated heterocycles. The van der Waals surface area contributed by atoms with Crippen molar-refractivity contribution in [1.29, 1.82) is 0 Å². The molecule has 4 heterocycles. The van der Waals surface area contributed by atoms with E-state index in [1.807, 2.05) is 18.7 Å². The summed E-state index contributed by atoms with van der Waals surface area (Å²) in [5.41, 5.74) is 0.271. The van der Waals surface area contributed by atoms with Crippen LogP contribution >= 0.6 is 11.6 Å². The maximum absolute atomic E-state index is 14.3. The van der Waals surface area contributed by atoms with Gasteiger partial charge in [0.25, 0.3) is 0 Å². The molecule has 3 aliphatic heterocycles. The van der Waals surface area contributed by atoms with Gasteiger partial charge in [-0.05, 0) is 18.2 Å². The Labute approximate surface area is 216 Å². The van der Waals surface area contributed by atoms with Gasteiger partial charge in [0.05, 0.1) is 35.7 Å². The van der Waals surface area contributed by atoms with Crippen molar-refractivity contribution in [3.05, 3.63) is 49.8 Å². The van der Waals surface area contributed by atoms with E-state index in [2.05, 4.69) is 20.9 Å². The molecule has 1 aromatic carbocycles. The number of aromatic nitrogens is 2. The lowest BCUT2D eigenvalue weighted by Crippen LogP contribution is -2.53. The summed E-state index contributed by atoms with van der Waals surface area (Å²) in [6.07, 6.45) is -1.99. The molecule has 1 aromatic heterocycles. The number of alkyl carbamates (subject to hydrolysis) is 1. The first-order valence-electron chi connectivity index (χ1n) is 12.2. The van der Waals surface area contributed by atoms with Crippen LogP contribution in [0.3, 0.4) is 0 Å². The maximum atomic E-state index is 14.3. The molecule has 2 aromatic rings. The van der Waals surface area contributed by atoms with Gasteiger partial charge >= 0.3 is 17.2 Å². The van der Waals surface area contributed by atoms with E-state index >= 15 is 0 Å². The van der Waals surface area contributed by atoms with Gasteiger partial charge in [0.1, 0.15) is 18.1 Å². The summed E-state index contributed by atoms with van der Waals surface area (Å²) in [7, 11) is 1.54. The van der Waals surface area contributed by atoms with Crippen molar-refractivity contribution in [2.45, 2.75) is 32.7 Å². The molecule has 13 heteroatoms. The van der Waals surface area contributed by atoms with Crippen molar-refractivity contribution >= 4 is 40.4 Å². The number of guanidine groups is 1. The number of halogens is 2. The molecule has 1 amide bonds. The summed E-state index contributed by atoms with van der Waals surface area (Å²) in [6.45, 7) is 5.40. The van der Waals surface area contributed by atoms with Crippen LogP contribution in [0.5, 0.6) is 0 Å².